The monoisotopic (exact) mass is 136 g/mol. The van der Waals surface area contributed by atoms with E-state index in [2.05, 4.69) is 11.1 Å². The van der Waals surface area contributed by atoms with Gasteiger partial charge in [0.15, 0.2) is 0 Å². The molecule has 0 amide bonds. The van der Waals surface area contributed by atoms with Crippen molar-refractivity contribution in [2.45, 2.75) is 6.92 Å². The fourth-order valence-electron chi connectivity index (χ4n) is 0.168. The first kappa shape index (κ1) is 8.05. The van der Waals surface area contributed by atoms with Gasteiger partial charge in [0.05, 0.1) is 6.61 Å². The van der Waals surface area contributed by atoms with Gasteiger partial charge in [0.1, 0.15) is 0 Å². The Kier molecular flexibility index (Phi) is 4.01. The van der Waals surface area contributed by atoms with E-state index in [0.717, 1.165) is 5.57 Å². The van der Waals surface area contributed by atoms with Gasteiger partial charge in [-0.05, 0) is 6.92 Å². The topological polar surface area (TPSA) is 49.7 Å². The summed E-state index contributed by atoms with van der Waals surface area (Å²) in [5.74, 6) is 0. The standard InChI is InChI=1S/C4H9O3P/c1-4(2)3-7-8(5)6/h5-6H,1,3H2,2H3. The first-order valence-corrected chi connectivity index (χ1v) is 3.24. The Balaban J connectivity index is 3.05. The Hall–Kier alpha value is 0.0500. The van der Waals surface area contributed by atoms with Crippen LogP contribution < -0.4 is 0 Å². The van der Waals surface area contributed by atoms with Gasteiger partial charge < -0.3 is 14.3 Å². The predicted octanol–water partition coefficient (Wildman–Crippen LogP) is 0.791. The first-order chi connectivity index (χ1) is 3.63. The zero-order valence-electron chi connectivity index (χ0n) is 4.66. The molecule has 0 rings (SSSR count). The maximum atomic E-state index is 8.16. The molecule has 2 N–H and O–H groups in total. The van der Waals surface area contributed by atoms with E-state index in [-0.39, 0.29) is 6.61 Å². The normalized spacial score (nSPS) is 10.0. The van der Waals surface area contributed by atoms with Gasteiger partial charge in [0, 0.05) is 0 Å². The average molecular weight is 136 g/mol. The fourth-order valence-corrected chi connectivity index (χ4v) is 0.504. The van der Waals surface area contributed by atoms with Crippen LogP contribution in [0, 0.1) is 0 Å². The number of rotatable bonds is 3. The molecule has 0 aliphatic rings. The second-order valence-electron chi connectivity index (χ2n) is 1.48. The third-order valence-electron chi connectivity index (χ3n) is 0.426. The van der Waals surface area contributed by atoms with E-state index in [0.29, 0.717) is 0 Å². The lowest BCUT2D eigenvalue weighted by Gasteiger charge is -2.00. The van der Waals surface area contributed by atoms with Crippen molar-refractivity contribution in [2.75, 3.05) is 6.61 Å². The molecule has 0 aromatic heterocycles. The molecule has 0 aliphatic heterocycles. The Morgan fingerprint density at radius 2 is 2.25 bits per heavy atom. The summed E-state index contributed by atoms with van der Waals surface area (Å²) in [5.41, 5.74) is 0.778. The lowest BCUT2D eigenvalue weighted by molar-refractivity contribution is 0.276. The molecule has 0 bridgehead atoms. The minimum Gasteiger partial charge on any atom is -0.328 e. The smallest absolute Gasteiger partial charge is 0.327 e. The van der Waals surface area contributed by atoms with Crippen LogP contribution in [-0.4, -0.2) is 16.4 Å². The summed E-state index contributed by atoms with van der Waals surface area (Å²) < 4.78 is 4.38. The highest BCUT2D eigenvalue weighted by Crippen LogP contribution is 2.24. The molecular formula is C4H9O3P. The van der Waals surface area contributed by atoms with Crippen LogP contribution in [-0.2, 0) is 4.52 Å². The molecule has 0 fully saturated rings. The highest BCUT2D eigenvalue weighted by molar-refractivity contribution is 7.39. The Labute approximate surface area is 49.6 Å². The molecule has 0 spiro atoms. The molecule has 8 heavy (non-hydrogen) atoms. The Bertz CT molecular complexity index is 81.4. The minimum atomic E-state index is -2.19. The van der Waals surface area contributed by atoms with Crippen molar-refractivity contribution < 1.29 is 14.3 Å². The quantitative estimate of drug-likeness (QED) is 0.445. The molecular weight excluding hydrogens is 127 g/mol. The van der Waals surface area contributed by atoms with E-state index in [4.69, 9.17) is 9.79 Å². The van der Waals surface area contributed by atoms with E-state index in [9.17, 15) is 0 Å². The molecule has 0 heterocycles. The predicted molar refractivity (Wildman–Crippen MR) is 32.1 cm³/mol. The van der Waals surface area contributed by atoms with Gasteiger partial charge in [-0.2, -0.15) is 0 Å². The summed E-state index contributed by atoms with van der Waals surface area (Å²) in [7, 11) is -2.19. The molecule has 0 unspecified atom stereocenters. The lowest BCUT2D eigenvalue weighted by Crippen LogP contribution is -1.87. The zero-order chi connectivity index (χ0) is 6.57. The molecule has 0 saturated heterocycles. The van der Waals surface area contributed by atoms with Crippen molar-refractivity contribution in [1.82, 2.24) is 0 Å². The van der Waals surface area contributed by atoms with Gasteiger partial charge >= 0.3 is 8.60 Å². The van der Waals surface area contributed by atoms with Gasteiger partial charge in [-0.1, -0.05) is 12.2 Å². The van der Waals surface area contributed by atoms with Crippen molar-refractivity contribution >= 4 is 8.60 Å². The van der Waals surface area contributed by atoms with Gasteiger partial charge in [-0.3, -0.25) is 0 Å². The third kappa shape index (κ3) is 6.05. The van der Waals surface area contributed by atoms with Crippen molar-refractivity contribution in [3.05, 3.63) is 12.2 Å². The van der Waals surface area contributed by atoms with E-state index < -0.39 is 8.60 Å². The largest absolute Gasteiger partial charge is 0.328 e. The first-order valence-electron chi connectivity index (χ1n) is 2.08. The van der Waals surface area contributed by atoms with Crippen LogP contribution in [0.1, 0.15) is 6.92 Å². The second-order valence-corrected chi connectivity index (χ2v) is 2.25. The van der Waals surface area contributed by atoms with E-state index in [1.165, 1.54) is 0 Å². The van der Waals surface area contributed by atoms with Crippen LogP contribution in [0.3, 0.4) is 0 Å². The second kappa shape index (κ2) is 3.98. The number of hydrogen-bond donors (Lipinski definition) is 2. The average Bonchev–Trinajstić information content (AvgIpc) is 1.61. The highest BCUT2D eigenvalue weighted by Gasteiger charge is 1.96. The van der Waals surface area contributed by atoms with Gasteiger partial charge in [-0.25, -0.2) is 0 Å². The number of hydrogen-bond acceptors (Lipinski definition) is 3. The Morgan fingerprint density at radius 1 is 1.75 bits per heavy atom. The van der Waals surface area contributed by atoms with Crippen LogP contribution >= 0.6 is 8.60 Å². The van der Waals surface area contributed by atoms with Crippen LogP contribution in [0.15, 0.2) is 12.2 Å². The fraction of sp³-hybridized carbons (Fsp3) is 0.500. The summed E-state index contributed by atoms with van der Waals surface area (Å²) in [6, 6.07) is 0. The van der Waals surface area contributed by atoms with E-state index in [1.807, 2.05) is 0 Å². The van der Waals surface area contributed by atoms with E-state index >= 15 is 0 Å². The lowest BCUT2D eigenvalue weighted by atomic mass is 10.4. The molecule has 0 aromatic rings. The molecule has 0 radical (unpaired) electrons. The van der Waals surface area contributed by atoms with Crippen LogP contribution in [0.5, 0.6) is 0 Å². The summed E-state index contributed by atoms with van der Waals surface area (Å²) in [6.07, 6.45) is 0. The molecule has 48 valence electrons. The summed E-state index contributed by atoms with van der Waals surface area (Å²) in [5, 5.41) is 0. The van der Waals surface area contributed by atoms with Crippen molar-refractivity contribution in [3.8, 4) is 0 Å². The summed E-state index contributed by atoms with van der Waals surface area (Å²) in [4.78, 5) is 16.3. The van der Waals surface area contributed by atoms with Crippen LogP contribution in [0.4, 0.5) is 0 Å². The van der Waals surface area contributed by atoms with Crippen molar-refractivity contribution in [1.29, 1.82) is 0 Å². The maximum Gasteiger partial charge on any atom is 0.327 e. The van der Waals surface area contributed by atoms with E-state index in [1.54, 1.807) is 6.92 Å². The zero-order valence-corrected chi connectivity index (χ0v) is 5.56. The van der Waals surface area contributed by atoms with Crippen LogP contribution in [0.25, 0.3) is 0 Å². The van der Waals surface area contributed by atoms with Gasteiger partial charge in [0.25, 0.3) is 0 Å². The summed E-state index contributed by atoms with van der Waals surface area (Å²) in [6.45, 7) is 5.46. The minimum absolute atomic E-state index is 0.221. The van der Waals surface area contributed by atoms with Crippen LogP contribution in [0.2, 0.25) is 0 Å². The molecule has 0 aliphatic carbocycles. The Morgan fingerprint density at radius 3 is 2.38 bits per heavy atom. The van der Waals surface area contributed by atoms with Crippen molar-refractivity contribution in [3.63, 3.8) is 0 Å². The molecule has 0 atom stereocenters. The maximum absolute atomic E-state index is 8.16. The van der Waals surface area contributed by atoms with Gasteiger partial charge in [-0.15, -0.1) is 0 Å². The molecule has 4 heteroatoms. The van der Waals surface area contributed by atoms with Gasteiger partial charge in [0.2, 0.25) is 0 Å². The molecule has 3 nitrogen and oxygen atoms in total. The summed E-state index contributed by atoms with van der Waals surface area (Å²) >= 11 is 0. The molecule has 0 aromatic carbocycles. The SMILES string of the molecule is C=C(C)COP(O)O. The molecule has 0 saturated carbocycles. The highest BCUT2D eigenvalue weighted by atomic mass is 31.2. The van der Waals surface area contributed by atoms with Crippen molar-refractivity contribution in [2.24, 2.45) is 0 Å². The third-order valence-corrected chi connectivity index (χ3v) is 0.786.